The minimum absolute atomic E-state index is 0.467. The van der Waals surface area contributed by atoms with Gasteiger partial charge in [0.25, 0.3) is 0 Å². The van der Waals surface area contributed by atoms with Gasteiger partial charge in [-0.1, -0.05) is 19.8 Å². The van der Waals surface area contributed by atoms with Crippen molar-refractivity contribution >= 4 is 11.9 Å². The molecule has 0 fully saturated rings. The molecule has 6 heteroatoms. The number of aromatic nitrogens is 2. The summed E-state index contributed by atoms with van der Waals surface area (Å²) in [5.74, 6) is -0.163. The first-order valence-electron chi connectivity index (χ1n) is 6.49. The highest BCUT2D eigenvalue weighted by atomic mass is 16.4. The molecule has 0 aromatic carbocycles. The van der Waals surface area contributed by atoms with Crippen molar-refractivity contribution in [1.82, 2.24) is 15.3 Å². The van der Waals surface area contributed by atoms with E-state index in [1.54, 1.807) is 12.4 Å². The van der Waals surface area contributed by atoms with Gasteiger partial charge in [0.15, 0.2) is 0 Å². The zero-order chi connectivity index (χ0) is 14.3. The van der Waals surface area contributed by atoms with Gasteiger partial charge in [-0.05, 0) is 6.42 Å². The van der Waals surface area contributed by atoms with Crippen LogP contribution in [0, 0.1) is 0 Å². The predicted molar refractivity (Wildman–Crippen MR) is 74.1 cm³/mol. The van der Waals surface area contributed by atoms with Crippen LogP contribution < -0.4 is 10.2 Å². The molecule has 0 radical (unpaired) electrons. The number of nitrogens with one attached hydrogen (secondary N) is 1. The Morgan fingerprint density at radius 3 is 2.53 bits per heavy atom. The van der Waals surface area contributed by atoms with E-state index in [1.807, 2.05) is 25.9 Å². The van der Waals surface area contributed by atoms with Crippen molar-refractivity contribution in [1.29, 1.82) is 0 Å². The van der Waals surface area contributed by atoms with Crippen LogP contribution in [-0.4, -0.2) is 41.2 Å². The van der Waals surface area contributed by atoms with Gasteiger partial charge in [-0.2, -0.15) is 0 Å². The standard InChI is InChI=1S/C13H22N4O2/c1-4-5-6-11(12(18)19)14-7-10-8-15-13(16-9-10)17(2)3/h8-9,11,14H,4-7H2,1-3H3,(H,18,19)/t11-/m1/s1. The molecule has 0 saturated carbocycles. The van der Waals surface area contributed by atoms with E-state index in [9.17, 15) is 4.79 Å². The molecule has 0 saturated heterocycles. The van der Waals surface area contributed by atoms with Gasteiger partial charge in [0.1, 0.15) is 6.04 Å². The Balaban J connectivity index is 2.51. The summed E-state index contributed by atoms with van der Waals surface area (Å²) in [6.07, 6.45) is 5.97. The summed E-state index contributed by atoms with van der Waals surface area (Å²) >= 11 is 0. The number of anilines is 1. The monoisotopic (exact) mass is 266 g/mol. The van der Waals surface area contributed by atoms with Gasteiger partial charge in [-0.3, -0.25) is 4.79 Å². The van der Waals surface area contributed by atoms with Crippen LogP contribution in [0.2, 0.25) is 0 Å². The maximum atomic E-state index is 11.1. The maximum Gasteiger partial charge on any atom is 0.320 e. The Labute approximate surface area is 113 Å². The minimum Gasteiger partial charge on any atom is -0.480 e. The lowest BCUT2D eigenvalue weighted by molar-refractivity contribution is -0.139. The number of hydrogen-bond acceptors (Lipinski definition) is 5. The summed E-state index contributed by atoms with van der Waals surface area (Å²) in [5, 5.41) is 12.1. The van der Waals surface area contributed by atoms with Gasteiger partial charge in [-0.25, -0.2) is 9.97 Å². The third kappa shape index (κ3) is 5.21. The number of hydrogen-bond donors (Lipinski definition) is 2. The van der Waals surface area contributed by atoms with Crippen molar-refractivity contribution in [2.75, 3.05) is 19.0 Å². The summed E-state index contributed by atoms with van der Waals surface area (Å²) in [5.41, 5.74) is 0.883. The largest absolute Gasteiger partial charge is 0.480 e. The number of carboxylic acids is 1. The Kier molecular flexibility index (Phi) is 6.21. The second-order valence-electron chi connectivity index (χ2n) is 4.70. The molecule has 0 amide bonds. The van der Waals surface area contributed by atoms with Gasteiger partial charge < -0.3 is 15.3 Å². The highest BCUT2D eigenvalue weighted by molar-refractivity contribution is 5.73. The van der Waals surface area contributed by atoms with Crippen LogP contribution in [-0.2, 0) is 11.3 Å². The van der Waals surface area contributed by atoms with Gasteiger partial charge in [0.05, 0.1) is 0 Å². The fraction of sp³-hybridized carbons (Fsp3) is 0.615. The van der Waals surface area contributed by atoms with Crippen LogP contribution in [0.15, 0.2) is 12.4 Å². The van der Waals surface area contributed by atoms with Crippen LogP contribution in [0.1, 0.15) is 31.7 Å². The number of rotatable bonds is 8. The van der Waals surface area contributed by atoms with E-state index < -0.39 is 12.0 Å². The highest BCUT2D eigenvalue weighted by Crippen LogP contribution is 2.05. The average Bonchev–Trinajstić information content (AvgIpc) is 2.39. The molecule has 0 bridgehead atoms. The van der Waals surface area contributed by atoms with E-state index in [0.29, 0.717) is 18.9 Å². The summed E-state index contributed by atoms with van der Waals surface area (Å²) in [6.45, 7) is 2.51. The van der Waals surface area contributed by atoms with Gasteiger partial charge in [0, 0.05) is 38.6 Å². The Bertz CT molecular complexity index is 392. The van der Waals surface area contributed by atoms with Crippen LogP contribution in [0.25, 0.3) is 0 Å². The molecule has 106 valence electrons. The van der Waals surface area contributed by atoms with Crippen LogP contribution in [0.5, 0.6) is 0 Å². The van der Waals surface area contributed by atoms with E-state index in [-0.39, 0.29) is 0 Å². The van der Waals surface area contributed by atoms with Crippen molar-refractivity contribution < 1.29 is 9.90 Å². The molecule has 1 heterocycles. The summed E-state index contributed by atoms with van der Waals surface area (Å²) in [6, 6.07) is -0.506. The number of carbonyl (C=O) groups is 1. The molecule has 0 aliphatic rings. The molecular formula is C13H22N4O2. The zero-order valence-electron chi connectivity index (χ0n) is 11.8. The van der Waals surface area contributed by atoms with Crippen LogP contribution in [0.4, 0.5) is 5.95 Å². The third-order valence-electron chi connectivity index (χ3n) is 2.79. The van der Waals surface area contributed by atoms with Crippen molar-refractivity contribution in [3.8, 4) is 0 Å². The predicted octanol–water partition coefficient (Wildman–Crippen LogP) is 1.28. The molecule has 0 aliphatic heterocycles. The van der Waals surface area contributed by atoms with Gasteiger partial charge in [-0.15, -0.1) is 0 Å². The lowest BCUT2D eigenvalue weighted by atomic mass is 10.1. The number of unbranched alkanes of at least 4 members (excludes halogenated alkanes) is 1. The molecule has 0 unspecified atom stereocenters. The Morgan fingerprint density at radius 1 is 1.42 bits per heavy atom. The van der Waals surface area contributed by atoms with E-state index in [1.165, 1.54) is 0 Å². The van der Waals surface area contributed by atoms with Gasteiger partial charge in [0.2, 0.25) is 5.95 Å². The maximum absolute atomic E-state index is 11.1. The topological polar surface area (TPSA) is 78.4 Å². The summed E-state index contributed by atoms with van der Waals surface area (Å²) < 4.78 is 0. The fourth-order valence-corrected chi connectivity index (χ4v) is 1.63. The van der Waals surface area contributed by atoms with Crippen molar-refractivity contribution in [3.63, 3.8) is 0 Å². The normalized spacial score (nSPS) is 12.2. The average molecular weight is 266 g/mol. The number of nitrogens with zero attached hydrogens (tertiary/aromatic N) is 3. The molecule has 0 spiro atoms. The molecule has 19 heavy (non-hydrogen) atoms. The first kappa shape index (κ1) is 15.4. The molecular weight excluding hydrogens is 244 g/mol. The van der Waals surface area contributed by atoms with E-state index >= 15 is 0 Å². The molecule has 1 rings (SSSR count). The van der Waals surface area contributed by atoms with Crippen LogP contribution >= 0.6 is 0 Å². The minimum atomic E-state index is -0.806. The number of aliphatic carboxylic acids is 1. The van der Waals surface area contributed by atoms with Crippen molar-refractivity contribution in [3.05, 3.63) is 18.0 Å². The summed E-state index contributed by atoms with van der Waals surface area (Å²) in [4.78, 5) is 21.3. The quantitative estimate of drug-likeness (QED) is 0.738. The molecule has 1 aromatic heterocycles. The van der Waals surface area contributed by atoms with Gasteiger partial charge >= 0.3 is 5.97 Å². The van der Waals surface area contributed by atoms with Crippen LogP contribution in [0.3, 0.4) is 0 Å². The first-order chi connectivity index (χ1) is 9.04. The fourth-order valence-electron chi connectivity index (χ4n) is 1.63. The third-order valence-corrected chi connectivity index (χ3v) is 2.79. The second kappa shape index (κ2) is 7.68. The zero-order valence-corrected chi connectivity index (χ0v) is 11.8. The Morgan fingerprint density at radius 2 is 2.05 bits per heavy atom. The molecule has 6 nitrogen and oxygen atoms in total. The molecule has 1 atom stereocenters. The highest BCUT2D eigenvalue weighted by Gasteiger charge is 2.15. The molecule has 1 aromatic rings. The Hall–Kier alpha value is -1.69. The second-order valence-corrected chi connectivity index (χ2v) is 4.70. The molecule has 0 aliphatic carbocycles. The lowest BCUT2D eigenvalue weighted by Crippen LogP contribution is -2.36. The van der Waals surface area contributed by atoms with Crippen molar-refractivity contribution in [2.24, 2.45) is 0 Å². The first-order valence-corrected chi connectivity index (χ1v) is 6.49. The SMILES string of the molecule is CCCC[C@@H](NCc1cnc(N(C)C)nc1)C(=O)O. The smallest absolute Gasteiger partial charge is 0.320 e. The lowest BCUT2D eigenvalue weighted by Gasteiger charge is -2.14. The number of carboxylic acid groups (broad SMARTS) is 1. The van der Waals surface area contributed by atoms with E-state index in [4.69, 9.17) is 5.11 Å². The summed E-state index contributed by atoms with van der Waals surface area (Å²) in [7, 11) is 3.75. The molecule has 2 N–H and O–H groups in total. The van der Waals surface area contributed by atoms with E-state index in [0.717, 1.165) is 18.4 Å². The van der Waals surface area contributed by atoms with E-state index in [2.05, 4.69) is 15.3 Å². The van der Waals surface area contributed by atoms with Crippen molar-refractivity contribution in [2.45, 2.75) is 38.8 Å².